The molecule has 0 spiro atoms. The first-order valence-corrected chi connectivity index (χ1v) is 4.86. The highest BCUT2D eigenvalue weighted by Gasteiger charge is 1.97. The molecular weight excluding hydrogens is 200 g/mol. The lowest BCUT2D eigenvalue weighted by Crippen LogP contribution is -2.34. The average molecular weight is 213 g/mol. The van der Waals surface area contributed by atoms with Crippen molar-refractivity contribution in [3.05, 3.63) is 34.9 Å². The Balaban J connectivity index is 2.38. The van der Waals surface area contributed by atoms with Crippen LogP contribution in [-0.2, 0) is 6.54 Å². The van der Waals surface area contributed by atoms with Crippen LogP contribution in [0.2, 0.25) is 5.02 Å². The summed E-state index contributed by atoms with van der Waals surface area (Å²) in [6.45, 7) is 3.03. The van der Waals surface area contributed by atoms with Crippen molar-refractivity contribution in [1.82, 2.24) is 10.6 Å². The number of benzene rings is 1. The van der Waals surface area contributed by atoms with Gasteiger partial charge in [0.1, 0.15) is 0 Å². The Morgan fingerprint density at radius 1 is 1.29 bits per heavy atom. The second-order valence-corrected chi connectivity index (χ2v) is 3.28. The smallest absolute Gasteiger partial charge is 0.315 e. The molecule has 0 atom stereocenters. The molecule has 2 amide bonds. The van der Waals surface area contributed by atoms with E-state index >= 15 is 0 Å². The highest BCUT2D eigenvalue weighted by molar-refractivity contribution is 6.30. The fraction of sp³-hybridized carbons (Fsp3) is 0.300. The lowest BCUT2D eigenvalue weighted by atomic mass is 10.2. The maximum atomic E-state index is 11.0. The average Bonchev–Trinajstić information content (AvgIpc) is 2.17. The van der Waals surface area contributed by atoms with Crippen molar-refractivity contribution in [3.63, 3.8) is 0 Å². The van der Waals surface area contributed by atoms with Gasteiger partial charge in [0.2, 0.25) is 0 Å². The van der Waals surface area contributed by atoms with E-state index in [1.165, 1.54) is 0 Å². The molecule has 0 aromatic heterocycles. The Morgan fingerprint density at radius 3 is 2.50 bits per heavy atom. The molecule has 0 saturated carbocycles. The van der Waals surface area contributed by atoms with Crippen molar-refractivity contribution in [1.29, 1.82) is 0 Å². The first kappa shape index (κ1) is 10.9. The molecule has 1 aromatic rings. The van der Waals surface area contributed by atoms with Gasteiger partial charge in [-0.3, -0.25) is 0 Å². The van der Waals surface area contributed by atoms with Gasteiger partial charge in [0.15, 0.2) is 0 Å². The molecule has 0 saturated heterocycles. The van der Waals surface area contributed by atoms with Gasteiger partial charge in [-0.15, -0.1) is 0 Å². The summed E-state index contributed by atoms with van der Waals surface area (Å²) in [6.07, 6.45) is 0. The molecule has 3 nitrogen and oxygen atoms in total. The van der Waals surface area contributed by atoms with Crippen LogP contribution in [0.25, 0.3) is 0 Å². The van der Waals surface area contributed by atoms with Gasteiger partial charge in [-0.1, -0.05) is 23.7 Å². The molecule has 0 heterocycles. The SMILES string of the molecule is CCNC(=O)NCc1ccc(Cl)cc1. The van der Waals surface area contributed by atoms with Gasteiger partial charge >= 0.3 is 6.03 Å². The summed E-state index contributed by atoms with van der Waals surface area (Å²) < 4.78 is 0. The second-order valence-electron chi connectivity index (χ2n) is 2.84. The summed E-state index contributed by atoms with van der Waals surface area (Å²) in [6, 6.07) is 7.22. The molecule has 0 aliphatic carbocycles. The normalized spacial score (nSPS) is 9.57. The Kier molecular flexibility index (Phi) is 4.26. The van der Waals surface area contributed by atoms with Gasteiger partial charge in [0.05, 0.1) is 0 Å². The van der Waals surface area contributed by atoms with Crippen LogP contribution in [0.1, 0.15) is 12.5 Å². The van der Waals surface area contributed by atoms with Crippen LogP contribution in [-0.4, -0.2) is 12.6 Å². The topological polar surface area (TPSA) is 41.1 Å². The van der Waals surface area contributed by atoms with Crippen molar-refractivity contribution in [2.24, 2.45) is 0 Å². The summed E-state index contributed by atoms with van der Waals surface area (Å²) in [5.41, 5.74) is 1.03. The van der Waals surface area contributed by atoms with Crippen LogP contribution in [0.15, 0.2) is 24.3 Å². The van der Waals surface area contributed by atoms with E-state index in [9.17, 15) is 4.79 Å². The van der Waals surface area contributed by atoms with Crippen LogP contribution in [0.5, 0.6) is 0 Å². The third-order valence-electron chi connectivity index (χ3n) is 1.70. The van der Waals surface area contributed by atoms with E-state index in [1.807, 2.05) is 19.1 Å². The van der Waals surface area contributed by atoms with Crippen molar-refractivity contribution >= 4 is 17.6 Å². The van der Waals surface area contributed by atoms with Gasteiger partial charge in [0, 0.05) is 18.1 Å². The van der Waals surface area contributed by atoms with Crippen LogP contribution in [0.3, 0.4) is 0 Å². The zero-order chi connectivity index (χ0) is 10.4. The minimum absolute atomic E-state index is 0.151. The predicted molar refractivity (Wildman–Crippen MR) is 57.4 cm³/mol. The molecule has 76 valence electrons. The quantitative estimate of drug-likeness (QED) is 0.792. The van der Waals surface area contributed by atoms with Crippen LogP contribution in [0, 0.1) is 0 Å². The van der Waals surface area contributed by atoms with Crippen molar-refractivity contribution < 1.29 is 4.79 Å². The number of rotatable bonds is 3. The number of halogens is 1. The highest BCUT2D eigenvalue weighted by atomic mass is 35.5. The first-order chi connectivity index (χ1) is 6.72. The first-order valence-electron chi connectivity index (χ1n) is 4.48. The molecule has 4 heteroatoms. The molecule has 0 aliphatic heterocycles. The number of amides is 2. The molecule has 2 N–H and O–H groups in total. The fourth-order valence-corrected chi connectivity index (χ4v) is 1.13. The zero-order valence-electron chi connectivity index (χ0n) is 8.01. The molecule has 0 radical (unpaired) electrons. The number of hydrogen-bond acceptors (Lipinski definition) is 1. The highest BCUT2D eigenvalue weighted by Crippen LogP contribution is 2.08. The Labute approximate surface area is 88.5 Å². The van der Waals surface area contributed by atoms with Gasteiger partial charge < -0.3 is 10.6 Å². The third-order valence-corrected chi connectivity index (χ3v) is 1.96. The molecule has 0 fully saturated rings. The van der Waals surface area contributed by atoms with Crippen LogP contribution < -0.4 is 10.6 Å². The second kappa shape index (κ2) is 5.50. The van der Waals surface area contributed by atoms with E-state index in [0.717, 1.165) is 5.56 Å². The van der Waals surface area contributed by atoms with Gasteiger partial charge in [0.25, 0.3) is 0 Å². The van der Waals surface area contributed by atoms with E-state index < -0.39 is 0 Å². The third kappa shape index (κ3) is 3.66. The Morgan fingerprint density at radius 2 is 1.93 bits per heavy atom. The molecule has 0 aliphatic rings. The molecule has 1 rings (SSSR count). The molecule has 0 unspecified atom stereocenters. The number of nitrogens with one attached hydrogen (secondary N) is 2. The minimum atomic E-state index is -0.151. The lowest BCUT2D eigenvalue weighted by Gasteiger charge is -2.05. The largest absolute Gasteiger partial charge is 0.338 e. The number of carbonyl (C=O) groups is 1. The van der Waals surface area contributed by atoms with Gasteiger partial charge in [-0.2, -0.15) is 0 Å². The van der Waals surface area contributed by atoms with E-state index in [0.29, 0.717) is 18.1 Å². The number of carbonyl (C=O) groups excluding carboxylic acids is 1. The van der Waals surface area contributed by atoms with E-state index in [-0.39, 0.29) is 6.03 Å². The van der Waals surface area contributed by atoms with Crippen molar-refractivity contribution in [2.75, 3.05) is 6.54 Å². The fourth-order valence-electron chi connectivity index (χ4n) is 1.01. The molecule has 1 aromatic carbocycles. The summed E-state index contributed by atoms with van der Waals surface area (Å²) >= 11 is 5.72. The Bertz CT molecular complexity index is 297. The number of hydrogen-bond donors (Lipinski definition) is 2. The minimum Gasteiger partial charge on any atom is -0.338 e. The Hall–Kier alpha value is -1.22. The van der Waals surface area contributed by atoms with Gasteiger partial charge in [-0.05, 0) is 24.6 Å². The van der Waals surface area contributed by atoms with E-state index in [1.54, 1.807) is 12.1 Å². The van der Waals surface area contributed by atoms with Crippen LogP contribution in [0.4, 0.5) is 4.79 Å². The maximum absolute atomic E-state index is 11.0. The monoisotopic (exact) mass is 212 g/mol. The van der Waals surface area contributed by atoms with Gasteiger partial charge in [-0.25, -0.2) is 4.79 Å². The summed E-state index contributed by atoms with van der Waals surface area (Å²) in [4.78, 5) is 11.0. The maximum Gasteiger partial charge on any atom is 0.315 e. The van der Waals surface area contributed by atoms with Crippen LogP contribution >= 0.6 is 11.6 Å². The van der Waals surface area contributed by atoms with E-state index in [2.05, 4.69) is 10.6 Å². The predicted octanol–water partition coefficient (Wildman–Crippen LogP) is 2.16. The van der Waals surface area contributed by atoms with Crippen molar-refractivity contribution in [2.45, 2.75) is 13.5 Å². The summed E-state index contributed by atoms with van der Waals surface area (Å²) in [5.74, 6) is 0. The summed E-state index contributed by atoms with van der Waals surface area (Å²) in [7, 11) is 0. The molecule has 14 heavy (non-hydrogen) atoms. The number of urea groups is 1. The molecule has 0 bridgehead atoms. The zero-order valence-corrected chi connectivity index (χ0v) is 8.77. The lowest BCUT2D eigenvalue weighted by molar-refractivity contribution is 0.241. The van der Waals surface area contributed by atoms with Crippen molar-refractivity contribution in [3.8, 4) is 0 Å². The molecular formula is C10H13ClN2O. The standard InChI is InChI=1S/C10H13ClN2O/c1-2-12-10(14)13-7-8-3-5-9(11)6-4-8/h3-6H,2,7H2,1H3,(H2,12,13,14). The summed E-state index contributed by atoms with van der Waals surface area (Å²) in [5, 5.41) is 6.08. The van der Waals surface area contributed by atoms with E-state index in [4.69, 9.17) is 11.6 Å².